The fraction of sp³-hybridized carbons (Fsp3) is 0.286. The Morgan fingerprint density at radius 2 is 1.97 bits per heavy atom. The number of ether oxygens (including phenoxy) is 2. The summed E-state index contributed by atoms with van der Waals surface area (Å²) < 4.78 is 46.8. The van der Waals surface area contributed by atoms with Gasteiger partial charge < -0.3 is 19.8 Å². The van der Waals surface area contributed by atoms with Crippen LogP contribution in [0, 0.1) is 0 Å². The molecule has 1 heterocycles. The van der Waals surface area contributed by atoms with Gasteiger partial charge in [0.05, 0.1) is 0 Å². The number of fused-ring (bicyclic) bond motifs is 3. The van der Waals surface area contributed by atoms with E-state index in [1.165, 1.54) is 12.1 Å². The van der Waals surface area contributed by atoms with Gasteiger partial charge in [-0.05, 0) is 48.6 Å². The van der Waals surface area contributed by atoms with Crippen LogP contribution < -0.4 is 10.1 Å². The normalized spacial score (nSPS) is 16.3. The number of alkyl halides is 3. The van der Waals surface area contributed by atoms with Crippen molar-refractivity contribution in [3.63, 3.8) is 0 Å². The Labute approximate surface area is 164 Å². The van der Waals surface area contributed by atoms with Crippen molar-refractivity contribution >= 4 is 17.0 Å². The first-order valence-electron chi connectivity index (χ1n) is 9.24. The Balaban J connectivity index is 1.43. The average molecular weight is 404 g/mol. The van der Waals surface area contributed by atoms with Crippen molar-refractivity contribution < 1.29 is 27.4 Å². The number of amides is 1. The number of rotatable bonds is 4. The smallest absolute Gasteiger partial charge is 0.445 e. The molecule has 1 aromatic heterocycles. The highest BCUT2D eigenvalue weighted by molar-refractivity contribution is 5.86. The molecule has 2 N–H and O–H groups in total. The molecule has 0 saturated heterocycles. The molecule has 4 rings (SSSR count). The highest BCUT2D eigenvalue weighted by Crippen LogP contribution is 2.33. The number of carbonyl (C=O) groups excluding carboxylic acids is 1. The first kappa shape index (κ1) is 19.2. The lowest BCUT2D eigenvalue weighted by Gasteiger charge is -2.23. The topological polar surface area (TPSA) is 63.4 Å². The summed E-state index contributed by atoms with van der Waals surface area (Å²) >= 11 is 0. The molecular formula is C21H19F3N2O3. The minimum atomic E-state index is -4.74. The monoisotopic (exact) mass is 404 g/mol. The third-order valence-electron chi connectivity index (χ3n) is 4.93. The number of aromatic amines is 1. The van der Waals surface area contributed by atoms with E-state index in [1.807, 2.05) is 30.3 Å². The fourth-order valence-electron chi connectivity index (χ4n) is 3.65. The van der Waals surface area contributed by atoms with E-state index in [2.05, 4.69) is 15.0 Å². The minimum Gasteiger partial charge on any atom is -0.445 e. The van der Waals surface area contributed by atoms with E-state index in [9.17, 15) is 18.0 Å². The van der Waals surface area contributed by atoms with Crippen LogP contribution in [0.2, 0.25) is 0 Å². The van der Waals surface area contributed by atoms with E-state index in [0.29, 0.717) is 24.6 Å². The molecule has 0 bridgehead atoms. The number of H-pyrrole nitrogens is 1. The van der Waals surface area contributed by atoms with E-state index in [0.717, 1.165) is 22.3 Å². The molecule has 0 saturated carbocycles. The van der Waals surface area contributed by atoms with Crippen molar-refractivity contribution in [1.29, 1.82) is 0 Å². The lowest BCUT2D eigenvalue weighted by Crippen LogP contribution is -2.39. The highest BCUT2D eigenvalue weighted by atomic mass is 19.4. The second-order valence-corrected chi connectivity index (χ2v) is 6.98. The van der Waals surface area contributed by atoms with Crippen molar-refractivity contribution in [2.45, 2.75) is 38.3 Å². The van der Waals surface area contributed by atoms with E-state index >= 15 is 0 Å². The van der Waals surface area contributed by atoms with Gasteiger partial charge in [0.15, 0.2) is 0 Å². The zero-order valence-electron chi connectivity index (χ0n) is 15.4. The first-order chi connectivity index (χ1) is 13.9. The first-order valence-corrected chi connectivity index (χ1v) is 9.24. The predicted octanol–water partition coefficient (Wildman–Crippen LogP) is 4.85. The van der Waals surface area contributed by atoms with Gasteiger partial charge in [0.25, 0.3) is 0 Å². The van der Waals surface area contributed by atoms with Crippen molar-refractivity contribution in [1.82, 2.24) is 10.3 Å². The number of halogens is 3. The van der Waals surface area contributed by atoms with Crippen molar-refractivity contribution in [2.24, 2.45) is 0 Å². The van der Waals surface area contributed by atoms with Crippen LogP contribution in [-0.4, -0.2) is 23.5 Å². The van der Waals surface area contributed by atoms with E-state index in [1.54, 1.807) is 6.07 Å². The second-order valence-electron chi connectivity index (χ2n) is 6.98. The highest BCUT2D eigenvalue weighted by Gasteiger charge is 2.31. The van der Waals surface area contributed by atoms with Gasteiger partial charge in [-0.25, -0.2) is 4.79 Å². The molecule has 0 unspecified atom stereocenters. The largest absolute Gasteiger partial charge is 0.573 e. The Morgan fingerprint density at radius 3 is 2.72 bits per heavy atom. The molecule has 1 aliphatic carbocycles. The third kappa shape index (κ3) is 4.64. The summed E-state index contributed by atoms with van der Waals surface area (Å²) in [5.74, 6) is -0.260. The predicted molar refractivity (Wildman–Crippen MR) is 101 cm³/mol. The van der Waals surface area contributed by atoms with Crippen LogP contribution >= 0.6 is 0 Å². The molecule has 0 spiro atoms. The summed E-state index contributed by atoms with van der Waals surface area (Å²) in [6.45, 7) is 0.176. The summed E-state index contributed by atoms with van der Waals surface area (Å²) in [6, 6.07) is 13.4. The van der Waals surface area contributed by atoms with Gasteiger partial charge in [-0.2, -0.15) is 0 Å². The van der Waals surface area contributed by atoms with E-state index in [4.69, 9.17) is 4.74 Å². The Morgan fingerprint density at radius 1 is 1.17 bits per heavy atom. The number of aryl methyl sites for hydroxylation is 1. The number of nitrogens with one attached hydrogen (secondary N) is 2. The molecule has 0 fully saturated rings. The van der Waals surface area contributed by atoms with Crippen LogP contribution in [0.4, 0.5) is 18.0 Å². The van der Waals surface area contributed by atoms with Gasteiger partial charge >= 0.3 is 12.5 Å². The number of carbonyl (C=O) groups is 1. The molecule has 1 aliphatic rings. The molecule has 29 heavy (non-hydrogen) atoms. The molecular weight excluding hydrogens is 385 g/mol. The molecule has 2 aromatic carbocycles. The lowest BCUT2D eigenvalue weighted by atomic mass is 9.91. The zero-order valence-corrected chi connectivity index (χ0v) is 15.4. The number of hydrogen-bond donors (Lipinski definition) is 2. The number of alkyl carbamates (subject to hydrolysis) is 1. The molecule has 3 aromatic rings. The maximum absolute atomic E-state index is 12.5. The Hall–Kier alpha value is -3.16. The van der Waals surface area contributed by atoms with Crippen LogP contribution in [0.5, 0.6) is 5.75 Å². The van der Waals surface area contributed by atoms with Gasteiger partial charge in [0.2, 0.25) is 0 Å². The summed E-state index contributed by atoms with van der Waals surface area (Å²) in [7, 11) is 0. The zero-order chi connectivity index (χ0) is 20.4. The Bertz CT molecular complexity index is 1020. The maximum atomic E-state index is 12.5. The van der Waals surface area contributed by atoms with Crippen molar-refractivity contribution in [3.05, 3.63) is 65.4 Å². The fourth-order valence-corrected chi connectivity index (χ4v) is 3.65. The van der Waals surface area contributed by atoms with Crippen molar-refractivity contribution in [3.8, 4) is 5.75 Å². The van der Waals surface area contributed by atoms with Gasteiger partial charge in [0.1, 0.15) is 12.4 Å². The van der Waals surface area contributed by atoms with Crippen LogP contribution in [0.3, 0.4) is 0 Å². The van der Waals surface area contributed by atoms with Gasteiger partial charge in [-0.1, -0.05) is 30.3 Å². The third-order valence-corrected chi connectivity index (χ3v) is 4.93. The lowest BCUT2D eigenvalue weighted by molar-refractivity contribution is -0.274. The number of benzene rings is 2. The summed E-state index contributed by atoms with van der Waals surface area (Å²) in [6.07, 6.45) is -3.35. The average Bonchev–Trinajstić information content (AvgIpc) is 3.03. The quantitative estimate of drug-likeness (QED) is 0.653. The standard InChI is InChI=1S/C21H19F3N2O3/c22-21(23,24)29-15-7-9-19-17(11-15)16-10-14(6-8-18(16)26-19)25-20(27)28-12-13-4-2-1-3-5-13/h1-5,7,9,11,14,26H,6,8,10,12H2,(H,25,27)/t14-/m1/s1. The molecule has 152 valence electrons. The van der Waals surface area contributed by atoms with E-state index in [-0.39, 0.29) is 18.4 Å². The number of hydrogen-bond acceptors (Lipinski definition) is 3. The van der Waals surface area contributed by atoms with Gasteiger partial charge in [-0.3, -0.25) is 0 Å². The SMILES string of the molecule is O=C(N[C@@H]1CCc2[nH]c3ccc(OC(F)(F)F)cc3c2C1)OCc1ccccc1. The van der Waals surface area contributed by atoms with Crippen LogP contribution in [0.15, 0.2) is 48.5 Å². The van der Waals surface area contributed by atoms with Crippen LogP contribution in [-0.2, 0) is 24.2 Å². The molecule has 1 amide bonds. The molecule has 0 aliphatic heterocycles. The summed E-state index contributed by atoms with van der Waals surface area (Å²) in [5, 5.41) is 3.52. The molecule has 8 heteroatoms. The van der Waals surface area contributed by atoms with Crippen molar-refractivity contribution in [2.75, 3.05) is 0 Å². The minimum absolute atomic E-state index is 0.156. The van der Waals surface area contributed by atoms with E-state index < -0.39 is 12.5 Å². The Kier molecular flexibility index (Phi) is 5.08. The van der Waals surface area contributed by atoms with Crippen LogP contribution in [0.1, 0.15) is 23.2 Å². The summed E-state index contributed by atoms with van der Waals surface area (Å²) in [4.78, 5) is 15.4. The molecule has 5 nitrogen and oxygen atoms in total. The molecule has 0 radical (unpaired) electrons. The maximum Gasteiger partial charge on any atom is 0.573 e. The van der Waals surface area contributed by atoms with Gasteiger partial charge in [0, 0.05) is 22.6 Å². The molecule has 1 atom stereocenters. The van der Waals surface area contributed by atoms with Crippen LogP contribution in [0.25, 0.3) is 10.9 Å². The number of aromatic nitrogens is 1. The summed E-state index contributed by atoms with van der Waals surface area (Å²) in [5.41, 5.74) is 3.51. The van der Waals surface area contributed by atoms with Gasteiger partial charge in [-0.15, -0.1) is 13.2 Å². The second kappa shape index (κ2) is 7.69.